The first-order valence-corrected chi connectivity index (χ1v) is 12.0. The topological polar surface area (TPSA) is 118 Å². The van der Waals surface area contributed by atoms with Gasteiger partial charge in [0.15, 0.2) is 0 Å². The fourth-order valence-electron chi connectivity index (χ4n) is 5.24. The van der Waals surface area contributed by atoms with Crippen LogP contribution in [0.5, 0.6) is 0 Å². The molecule has 3 aromatic carbocycles. The van der Waals surface area contributed by atoms with Crippen LogP contribution in [0.25, 0.3) is 21.8 Å². The lowest BCUT2D eigenvalue weighted by Crippen LogP contribution is -2.23. The molecule has 0 radical (unpaired) electrons. The zero-order valence-electron chi connectivity index (χ0n) is 19.5. The van der Waals surface area contributed by atoms with Gasteiger partial charge in [-0.25, -0.2) is 4.79 Å². The Balaban J connectivity index is 1.21. The molecule has 0 spiro atoms. The second-order valence-electron chi connectivity index (χ2n) is 9.38. The third-order valence-corrected chi connectivity index (χ3v) is 7.10. The summed E-state index contributed by atoms with van der Waals surface area (Å²) in [4.78, 5) is 33.1. The van der Waals surface area contributed by atoms with Crippen LogP contribution in [0.2, 0.25) is 0 Å². The normalized spacial score (nSPS) is 17.8. The standard InChI is InChI=1S/C27H25N3O6/c31-27(20-13-21(29(32)33)15-22(14-20)30(34)35)36-17-19-11-9-18(10-12-19)16-28-25-7-3-1-5-23(25)24-6-2-4-8-26(24)28/h1-8,13-15,18-19H,9-12,16-17H2. The predicted octanol–water partition coefficient (Wildman–Crippen LogP) is 6.27. The lowest BCUT2D eigenvalue weighted by Gasteiger charge is -2.29. The number of hydrogen-bond donors (Lipinski definition) is 0. The van der Waals surface area contributed by atoms with Gasteiger partial charge in [0.1, 0.15) is 0 Å². The van der Waals surface area contributed by atoms with Crippen LogP contribution in [0, 0.1) is 32.1 Å². The van der Waals surface area contributed by atoms with Crippen LogP contribution < -0.4 is 0 Å². The molecular formula is C27H25N3O6. The quantitative estimate of drug-likeness (QED) is 0.172. The van der Waals surface area contributed by atoms with E-state index in [1.54, 1.807) is 0 Å². The fourth-order valence-corrected chi connectivity index (χ4v) is 5.24. The van der Waals surface area contributed by atoms with E-state index >= 15 is 0 Å². The first-order chi connectivity index (χ1) is 17.4. The minimum absolute atomic E-state index is 0.184. The van der Waals surface area contributed by atoms with Gasteiger partial charge >= 0.3 is 5.97 Å². The number of nitrogens with zero attached hydrogens (tertiary/aromatic N) is 3. The molecule has 1 fully saturated rings. The van der Waals surface area contributed by atoms with Crippen LogP contribution in [0.4, 0.5) is 11.4 Å². The SMILES string of the molecule is O=C(OCC1CCC(Cn2c3ccccc3c3ccccc32)CC1)c1cc([N+](=O)[O-])cc([N+](=O)[O-])c1. The molecule has 0 aliphatic heterocycles. The number of esters is 1. The molecule has 1 saturated carbocycles. The van der Waals surface area contributed by atoms with Gasteiger partial charge < -0.3 is 9.30 Å². The number of nitro groups is 2. The number of carbonyl (C=O) groups is 1. The minimum Gasteiger partial charge on any atom is -0.462 e. The third kappa shape index (κ3) is 4.64. The molecule has 1 heterocycles. The summed E-state index contributed by atoms with van der Waals surface area (Å²) in [5.74, 6) is -0.0816. The van der Waals surface area contributed by atoms with E-state index in [4.69, 9.17) is 4.74 Å². The number of benzene rings is 3. The van der Waals surface area contributed by atoms with Crippen molar-refractivity contribution in [3.8, 4) is 0 Å². The van der Waals surface area contributed by atoms with Gasteiger partial charge in [0.2, 0.25) is 0 Å². The second kappa shape index (κ2) is 9.77. The molecule has 0 saturated heterocycles. The Hall–Kier alpha value is -4.27. The fraction of sp³-hybridized carbons (Fsp3) is 0.296. The van der Waals surface area contributed by atoms with Gasteiger partial charge in [0.25, 0.3) is 11.4 Å². The summed E-state index contributed by atoms with van der Waals surface area (Å²) < 4.78 is 7.81. The highest BCUT2D eigenvalue weighted by atomic mass is 16.6. The van der Waals surface area contributed by atoms with Crippen molar-refractivity contribution in [2.45, 2.75) is 32.2 Å². The van der Waals surface area contributed by atoms with Gasteiger partial charge in [-0.15, -0.1) is 0 Å². The number of non-ortho nitro benzene ring substituents is 2. The van der Waals surface area contributed by atoms with Crippen molar-refractivity contribution in [2.75, 3.05) is 6.61 Å². The van der Waals surface area contributed by atoms with E-state index in [-0.39, 0.29) is 18.1 Å². The third-order valence-electron chi connectivity index (χ3n) is 7.10. The van der Waals surface area contributed by atoms with Crippen LogP contribution in [0.1, 0.15) is 36.0 Å². The summed E-state index contributed by atoms with van der Waals surface area (Å²) in [7, 11) is 0. The number of carbonyl (C=O) groups excluding carboxylic acids is 1. The minimum atomic E-state index is -0.783. The first-order valence-electron chi connectivity index (χ1n) is 12.0. The maximum atomic E-state index is 12.5. The van der Waals surface area contributed by atoms with Crippen LogP contribution in [0.15, 0.2) is 66.7 Å². The Bertz CT molecular complexity index is 1380. The summed E-state index contributed by atoms with van der Waals surface area (Å²) >= 11 is 0. The van der Waals surface area contributed by atoms with E-state index in [1.165, 1.54) is 21.8 Å². The van der Waals surface area contributed by atoms with Gasteiger partial charge in [-0.2, -0.15) is 0 Å². The Labute approximate surface area is 206 Å². The molecule has 36 heavy (non-hydrogen) atoms. The van der Waals surface area contributed by atoms with Crippen molar-refractivity contribution in [2.24, 2.45) is 11.8 Å². The van der Waals surface area contributed by atoms with Gasteiger partial charge in [-0.3, -0.25) is 20.2 Å². The molecule has 0 amide bonds. The van der Waals surface area contributed by atoms with Crippen molar-refractivity contribution in [3.63, 3.8) is 0 Å². The number of fused-ring (bicyclic) bond motifs is 3. The van der Waals surface area contributed by atoms with Crippen LogP contribution in [-0.2, 0) is 11.3 Å². The van der Waals surface area contributed by atoms with Crippen LogP contribution in [-0.4, -0.2) is 27.0 Å². The maximum absolute atomic E-state index is 12.5. The van der Waals surface area contributed by atoms with Crippen molar-refractivity contribution >= 4 is 39.1 Å². The number of rotatable bonds is 7. The Morgan fingerprint density at radius 1 is 0.806 bits per heavy atom. The summed E-state index contributed by atoms with van der Waals surface area (Å²) in [6, 6.07) is 19.8. The molecular weight excluding hydrogens is 462 g/mol. The predicted molar refractivity (Wildman–Crippen MR) is 135 cm³/mol. The number of ether oxygens (including phenoxy) is 1. The molecule has 0 bridgehead atoms. The summed E-state index contributed by atoms with van der Waals surface area (Å²) in [5, 5.41) is 24.7. The Morgan fingerprint density at radius 3 is 1.83 bits per heavy atom. The number of para-hydroxylation sites is 2. The number of aromatic nitrogens is 1. The van der Waals surface area contributed by atoms with Crippen molar-refractivity contribution in [1.82, 2.24) is 4.57 Å². The summed E-state index contributed by atoms with van der Waals surface area (Å²) in [5.41, 5.74) is 1.26. The van der Waals surface area contributed by atoms with E-state index in [2.05, 4.69) is 53.1 Å². The highest BCUT2D eigenvalue weighted by Crippen LogP contribution is 2.34. The second-order valence-corrected chi connectivity index (χ2v) is 9.38. The monoisotopic (exact) mass is 487 g/mol. The molecule has 5 rings (SSSR count). The van der Waals surface area contributed by atoms with Gasteiger partial charge in [0.05, 0.1) is 28.1 Å². The molecule has 184 valence electrons. The Kier molecular flexibility index (Phi) is 6.37. The molecule has 4 aromatic rings. The molecule has 0 atom stereocenters. The van der Waals surface area contributed by atoms with Crippen LogP contribution in [0.3, 0.4) is 0 Å². The highest BCUT2D eigenvalue weighted by molar-refractivity contribution is 6.07. The zero-order valence-corrected chi connectivity index (χ0v) is 19.5. The summed E-state index contributed by atoms with van der Waals surface area (Å²) in [6.07, 6.45) is 3.82. The largest absolute Gasteiger partial charge is 0.462 e. The van der Waals surface area contributed by atoms with E-state index in [0.717, 1.165) is 50.4 Å². The van der Waals surface area contributed by atoms with Gasteiger partial charge in [-0.05, 0) is 49.7 Å². The highest BCUT2D eigenvalue weighted by Gasteiger charge is 2.25. The van der Waals surface area contributed by atoms with E-state index in [9.17, 15) is 25.0 Å². The molecule has 0 unspecified atom stereocenters. The molecule has 1 aliphatic rings. The van der Waals surface area contributed by atoms with Crippen molar-refractivity contribution in [1.29, 1.82) is 0 Å². The zero-order chi connectivity index (χ0) is 25.2. The molecule has 1 aromatic heterocycles. The lowest BCUT2D eigenvalue weighted by molar-refractivity contribution is -0.394. The lowest BCUT2D eigenvalue weighted by atomic mass is 9.82. The number of nitro benzene ring substituents is 2. The van der Waals surface area contributed by atoms with E-state index < -0.39 is 27.2 Å². The molecule has 9 heteroatoms. The molecule has 1 aliphatic carbocycles. The summed E-state index contributed by atoms with van der Waals surface area (Å²) in [6.45, 7) is 1.12. The molecule has 0 N–H and O–H groups in total. The average molecular weight is 488 g/mol. The van der Waals surface area contributed by atoms with E-state index in [1.807, 2.05) is 0 Å². The molecule has 9 nitrogen and oxygen atoms in total. The first kappa shape index (κ1) is 23.5. The van der Waals surface area contributed by atoms with Gasteiger partial charge in [-0.1, -0.05) is 36.4 Å². The van der Waals surface area contributed by atoms with Crippen molar-refractivity contribution in [3.05, 3.63) is 92.5 Å². The van der Waals surface area contributed by atoms with E-state index in [0.29, 0.717) is 5.92 Å². The number of hydrogen-bond acceptors (Lipinski definition) is 6. The van der Waals surface area contributed by atoms with Crippen LogP contribution >= 0.6 is 0 Å². The smallest absolute Gasteiger partial charge is 0.338 e. The van der Waals surface area contributed by atoms with Gasteiger partial charge in [0, 0.05) is 40.5 Å². The van der Waals surface area contributed by atoms with Crippen molar-refractivity contribution < 1.29 is 19.4 Å². The maximum Gasteiger partial charge on any atom is 0.338 e. The average Bonchev–Trinajstić information content (AvgIpc) is 3.21. The Morgan fingerprint density at radius 2 is 1.31 bits per heavy atom.